The van der Waals surface area contributed by atoms with Crippen molar-refractivity contribution in [2.75, 3.05) is 0 Å². The molecule has 1 aromatic rings. The molecule has 4 nitrogen and oxygen atoms in total. The van der Waals surface area contributed by atoms with Gasteiger partial charge >= 0.3 is 0 Å². The Balaban J connectivity index is 1.57. The van der Waals surface area contributed by atoms with E-state index in [1.807, 2.05) is 6.07 Å². The average Bonchev–Trinajstić information content (AvgIpc) is 3.32. The van der Waals surface area contributed by atoms with E-state index in [9.17, 15) is 4.79 Å². The molecular formula is C21H32N2O2. The SMILES string of the molecule is CC1(C)CCCC(N(C(=O)c2cc(C3CC3)on2)C2CCCCC2)C1. The molecule has 0 spiro atoms. The van der Waals surface area contributed by atoms with Crippen LogP contribution in [-0.4, -0.2) is 28.0 Å². The van der Waals surface area contributed by atoms with Gasteiger partial charge in [-0.15, -0.1) is 0 Å². The van der Waals surface area contributed by atoms with Gasteiger partial charge in [0, 0.05) is 24.1 Å². The highest BCUT2D eigenvalue weighted by atomic mass is 16.5. The lowest BCUT2D eigenvalue weighted by Crippen LogP contribution is -2.50. The smallest absolute Gasteiger partial charge is 0.276 e. The third kappa shape index (κ3) is 3.78. The van der Waals surface area contributed by atoms with Crippen LogP contribution >= 0.6 is 0 Å². The number of carbonyl (C=O) groups is 1. The summed E-state index contributed by atoms with van der Waals surface area (Å²) in [6.07, 6.45) is 13.2. The summed E-state index contributed by atoms with van der Waals surface area (Å²) in [5.41, 5.74) is 0.870. The number of carbonyl (C=O) groups excluding carboxylic acids is 1. The Hall–Kier alpha value is -1.32. The summed E-state index contributed by atoms with van der Waals surface area (Å²) in [5, 5.41) is 4.16. The molecule has 1 amide bonds. The highest BCUT2D eigenvalue weighted by Crippen LogP contribution is 2.42. The first kappa shape index (κ1) is 17.1. The van der Waals surface area contributed by atoms with Crippen LogP contribution in [0.1, 0.15) is 107 Å². The molecule has 0 radical (unpaired) electrons. The molecule has 1 aromatic heterocycles. The number of aromatic nitrogens is 1. The van der Waals surface area contributed by atoms with Gasteiger partial charge < -0.3 is 9.42 Å². The second-order valence-corrected chi connectivity index (χ2v) is 9.31. The maximum Gasteiger partial charge on any atom is 0.276 e. The van der Waals surface area contributed by atoms with Crippen LogP contribution in [0.25, 0.3) is 0 Å². The molecule has 138 valence electrons. The maximum atomic E-state index is 13.4. The van der Waals surface area contributed by atoms with Crippen LogP contribution in [0.5, 0.6) is 0 Å². The minimum Gasteiger partial charge on any atom is -0.360 e. The zero-order valence-corrected chi connectivity index (χ0v) is 15.8. The maximum absolute atomic E-state index is 13.4. The molecule has 25 heavy (non-hydrogen) atoms. The van der Waals surface area contributed by atoms with Crippen molar-refractivity contribution in [2.24, 2.45) is 5.41 Å². The number of rotatable bonds is 4. The molecule has 1 unspecified atom stereocenters. The van der Waals surface area contributed by atoms with Crippen molar-refractivity contribution in [3.63, 3.8) is 0 Å². The highest BCUT2D eigenvalue weighted by Gasteiger charge is 2.39. The van der Waals surface area contributed by atoms with Gasteiger partial charge in [0.25, 0.3) is 5.91 Å². The van der Waals surface area contributed by atoms with Crippen LogP contribution < -0.4 is 0 Å². The van der Waals surface area contributed by atoms with Crippen LogP contribution in [0, 0.1) is 5.41 Å². The highest BCUT2D eigenvalue weighted by molar-refractivity contribution is 5.92. The summed E-state index contributed by atoms with van der Waals surface area (Å²) in [6, 6.07) is 2.67. The molecule has 1 atom stereocenters. The monoisotopic (exact) mass is 344 g/mol. The van der Waals surface area contributed by atoms with Crippen LogP contribution in [0.2, 0.25) is 0 Å². The molecule has 3 saturated carbocycles. The van der Waals surface area contributed by atoms with Crippen molar-refractivity contribution in [3.8, 4) is 0 Å². The predicted molar refractivity (Wildman–Crippen MR) is 97.6 cm³/mol. The zero-order chi connectivity index (χ0) is 17.4. The largest absolute Gasteiger partial charge is 0.360 e. The fourth-order valence-corrected chi connectivity index (χ4v) is 4.97. The average molecular weight is 344 g/mol. The van der Waals surface area contributed by atoms with Gasteiger partial charge in [-0.2, -0.15) is 0 Å². The van der Waals surface area contributed by atoms with E-state index >= 15 is 0 Å². The molecule has 4 rings (SSSR count). The first-order valence-corrected chi connectivity index (χ1v) is 10.3. The first-order chi connectivity index (χ1) is 12.0. The van der Waals surface area contributed by atoms with Gasteiger partial charge in [-0.25, -0.2) is 0 Å². The lowest BCUT2D eigenvalue weighted by molar-refractivity contribution is 0.0311. The number of nitrogens with zero attached hydrogens (tertiary/aromatic N) is 2. The van der Waals surface area contributed by atoms with E-state index in [2.05, 4.69) is 23.9 Å². The fraction of sp³-hybridized carbons (Fsp3) is 0.810. The lowest BCUT2D eigenvalue weighted by atomic mass is 9.74. The molecule has 0 N–H and O–H groups in total. The molecule has 3 aliphatic carbocycles. The van der Waals surface area contributed by atoms with Gasteiger partial charge in [-0.1, -0.05) is 44.7 Å². The standard InChI is InChI=1S/C21H32N2O2/c1-21(2)12-6-9-17(14-21)23(16-7-4-3-5-8-16)20(24)18-13-19(25-22-18)15-10-11-15/h13,15-17H,3-12,14H2,1-2H3. The van der Waals surface area contributed by atoms with Crippen LogP contribution in [-0.2, 0) is 0 Å². The van der Waals surface area contributed by atoms with Gasteiger partial charge in [-0.05, 0) is 50.4 Å². The quantitative estimate of drug-likeness (QED) is 0.745. The number of amides is 1. The molecule has 0 aromatic carbocycles. The van der Waals surface area contributed by atoms with Crippen LogP contribution in [0.15, 0.2) is 10.6 Å². The Labute approximate surface area is 151 Å². The topological polar surface area (TPSA) is 46.3 Å². The molecule has 3 fully saturated rings. The van der Waals surface area contributed by atoms with E-state index in [0.29, 0.717) is 29.1 Å². The summed E-state index contributed by atoms with van der Waals surface area (Å²) in [7, 11) is 0. The van der Waals surface area contributed by atoms with Gasteiger partial charge in [-0.3, -0.25) is 4.79 Å². The minimum atomic E-state index is 0.116. The minimum absolute atomic E-state index is 0.116. The Morgan fingerprint density at radius 1 is 1.08 bits per heavy atom. The first-order valence-electron chi connectivity index (χ1n) is 10.3. The van der Waals surface area contributed by atoms with Crippen molar-refractivity contribution in [1.29, 1.82) is 0 Å². The van der Waals surface area contributed by atoms with Crippen LogP contribution in [0.3, 0.4) is 0 Å². The van der Waals surface area contributed by atoms with Crippen LogP contribution in [0.4, 0.5) is 0 Å². The van der Waals surface area contributed by atoms with Gasteiger partial charge in [0.05, 0.1) is 0 Å². The molecule has 1 heterocycles. The van der Waals surface area contributed by atoms with E-state index in [1.165, 1.54) is 44.9 Å². The molecule has 4 heteroatoms. The van der Waals surface area contributed by atoms with E-state index in [4.69, 9.17) is 4.52 Å². The number of hydrogen-bond donors (Lipinski definition) is 0. The second kappa shape index (κ2) is 6.77. The fourth-order valence-electron chi connectivity index (χ4n) is 4.97. The summed E-state index contributed by atoms with van der Waals surface area (Å²) >= 11 is 0. The Morgan fingerprint density at radius 3 is 2.48 bits per heavy atom. The summed E-state index contributed by atoms with van der Waals surface area (Å²) in [4.78, 5) is 15.6. The Morgan fingerprint density at radius 2 is 1.80 bits per heavy atom. The summed E-state index contributed by atoms with van der Waals surface area (Å²) < 4.78 is 5.48. The molecule has 3 aliphatic rings. The summed E-state index contributed by atoms with van der Waals surface area (Å²) in [5.74, 6) is 1.53. The Bertz CT molecular complexity index is 611. The van der Waals surface area contributed by atoms with Crippen molar-refractivity contribution in [3.05, 3.63) is 17.5 Å². The molecule has 0 saturated heterocycles. The van der Waals surface area contributed by atoms with Gasteiger partial charge in [0.2, 0.25) is 0 Å². The van der Waals surface area contributed by atoms with Crippen molar-refractivity contribution >= 4 is 5.91 Å². The van der Waals surface area contributed by atoms with E-state index < -0.39 is 0 Å². The van der Waals surface area contributed by atoms with Gasteiger partial charge in [0.1, 0.15) is 5.76 Å². The third-order valence-electron chi connectivity index (χ3n) is 6.50. The lowest BCUT2D eigenvalue weighted by Gasteiger charge is -2.45. The van der Waals surface area contributed by atoms with Gasteiger partial charge in [0.15, 0.2) is 5.69 Å². The second-order valence-electron chi connectivity index (χ2n) is 9.31. The third-order valence-corrected chi connectivity index (χ3v) is 6.50. The van der Waals surface area contributed by atoms with E-state index in [-0.39, 0.29) is 5.91 Å². The Kier molecular flexibility index (Phi) is 4.63. The zero-order valence-electron chi connectivity index (χ0n) is 15.8. The normalized spacial score (nSPS) is 27.2. The molecule has 0 aliphatic heterocycles. The van der Waals surface area contributed by atoms with Crippen molar-refractivity contribution in [2.45, 2.75) is 102 Å². The van der Waals surface area contributed by atoms with E-state index in [0.717, 1.165) is 31.4 Å². The number of hydrogen-bond acceptors (Lipinski definition) is 3. The predicted octanol–water partition coefficient (Wildman–Crippen LogP) is 5.30. The molecule has 0 bridgehead atoms. The van der Waals surface area contributed by atoms with E-state index in [1.54, 1.807) is 0 Å². The van der Waals surface area contributed by atoms with Crippen molar-refractivity contribution in [1.82, 2.24) is 10.1 Å². The molecular weight excluding hydrogens is 312 g/mol. The summed E-state index contributed by atoms with van der Waals surface area (Å²) in [6.45, 7) is 4.70. The van der Waals surface area contributed by atoms with Crippen molar-refractivity contribution < 1.29 is 9.32 Å².